The van der Waals surface area contributed by atoms with Gasteiger partial charge in [-0.1, -0.05) is 60.7 Å². The zero-order valence-corrected chi connectivity index (χ0v) is 24.6. The Bertz CT molecular complexity index is 1630. The number of hydrogen-bond acceptors (Lipinski definition) is 7. The Hall–Kier alpha value is -4.77. The Morgan fingerprint density at radius 2 is 1.59 bits per heavy atom. The van der Waals surface area contributed by atoms with Gasteiger partial charge in [0.25, 0.3) is 5.91 Å². The van der Waals surface area contributed by atoms with Gasteiger partial charge in [-0.3, -0.25) is 14.4 Å². The quantitative estimate of drug-likeness (QED) is 0.252. The van der Waals surface area contributed by atoms with E-state index in [1.165, 1.54) is 0 Å². The zero-order valence-electron chi connectivity index (χ0n) is 24.6. The van der Waals surface area contributed by atoms with Crippen molar-refractivity contribution in [1.29, 1.82) is 0 Å². The summed E-state index contributed by atoms with van der Waals surface area (Å²) in [5.41, 5.74) is 7.40. The SMILES string of the molecule is NC(=O)CCCNc1nc(-c2ccccc2)nc2[nH]c(C(=O)N3CCC(C(=O)N4CCOCC4)(c4ccccc4)CC3)cc12. The third-order valence-corrected chi connectivity index (χ3v) is 8.58. The Morgan fingerprint density at radius 3 is 2.27 bits per heavy atom. The molecule has 3 amide bonds. The summed E-state index contributed by atoms with van der Waals surface area (Å²) < 4.78 is 5.49. The van der Waals surface area contributed by atoms with Crippen molar-refractivity contribution in [3.8, 4) is 11.4 Å². The summed E-state index contributed by atoms with van der Waals surface area (Å²) in [6.07, 6.45) is 1.88. The largest absolute Gasteiger partial charge is 0.378 e. The fraction of sp³-hybridized carbons (Fsp3) is 0.364. The predicted octanol–water partition coefficient (Wildman–Crippen LogP) is 3.34. The highest BCUT2D eigenvalue weighted by Gasteiger charge is 2.46. The van der Waals surface area contributed by atoms with Crippen molar-refractivity contribution >= 4 is 34.6 Å². The molecule has 0 saturated carbocycles. The molecule has 2 saturated heterocycles. The highest BCUT2D eigenvalue weighted by molar-refractivity contribution is 6.00. The molecule has 0 spiro atoms. The van der Waals surface area contributed by atoms with E-state index < -0.39 is 5.41 Å². The minimum Gasteiger partial charge on any atom is -0.378 e. The molecule has 0 bridgehead atoms. The summed E-state index contributed by atoms with van der Waals surface area (Å²) in [5.74, 6) is 0.698. The molecule has 0 radical (unpaired) electrons. The van der Waals surface area contributed by atoms with Crippen LogP contribution in [-0.4, -0.2) is 88.4 Å². The number of ether oxygens (including phenoxy) is 1. The number of H-pyrrole nitrogens is 1. The molecule has 6 rings (SSSR count). The van der Waals surface area contributed by atoms with E-state index >= 15 is 0 Å². The molecule has 2 fully saturated rings. The summed E-state index contributed by atoms with van der Waals surface area (Å²) in [6.45, 7) is 3.61. The van der Waals surface area contributed by atoms with E-state index in [9.17, 15) is 14.4 Å². The maximum atomic E-state index is 14.0. The number of piperidine rings is 1. The first-order valence-electron chi connectivity index (χ1n) is 15.1. The number of aromatic nitrogens is 3. The molecule has 4 aromatic rings. The molecule has 228 valence electrons. The standard InChI is InChI=1S/C33H37N7O4/c34-27(41)12-7-15-35-29-25-22-26(36-30(25)38-28(37-29)23-8-3-1-4-9-23)31(42)39-16-13-33(14-17-39,24-10-5-2-6-11-24)32(43)40-18-20-44-21-19-40/h1-6,8-11,22H,7,12-21H2,(H2,34,41)(H2,35,36,37,38). The number of nitrogens with zero attached hydrogens (tertiary/aromatic N) is 4. The molecule has 2 aromatic heterocycles. The van der Waals surface area contributed by atoms with Crippen LogP contribution in [0.4, 0.5) is 5.82 Å². The molecule has 0 unspecified atom stereocenters. The van der Waals surface area contributed by atoms with E-state index in [4.69, 9.17) is 20.4 Å². The van der Waals surface area contributed by atoms with Crippen LogP contribution < -0.4 is 11.1 Å². The summed E-state index contributed by atoms with van der Waals surface area (Å²) in [5, 5.41) is 3.99. The normalized spacial score (nSPS) is 16.5. The number of aromatic amines is 1. The first-order valence-corrected chi connectivity index (χ1v) is 15.1. The van der Waals surface area contributed by atoms with Crippen molar-refractivity contribution in [3.63, 3.8) is 0 Å². The summed E-state index contributed by atoms with van der Waals surface area (Å²) in [7, 11) is 0. The second-order valence-electron chi connectivity index (χ2n) is 11.3. The number of carbonyl (C=O) groups excluding carboxylic acids is 3. The number of nitrogens with two attached hydrogens (primary N) is 1. The Balaban J connectivity index is 1.25. The number of anilines is 1. The first-order chi connectivity index (χ1) is 21.4. The third-order valence-electron chi connectivity index (χ3n) is 8.58. The van der Waals surface area contributed by atoms with Crippen LogP contribution in [0.5, 0.6) is 0 Å². The third kappa shape index (κ3) is 6.00. The molecule has 44 heavy (non-hydrogen) atoms. The highest BCUT2D eigenvalue weighted by Crippen LogP contribution is 2.38. The minimum atomic E-state index is -0.687. The van der Waals surface area contributed by atoms with Crippen LogP contribution in [0.25, 0.3) is 22.4 Å². The van der Waals surface area contributed by atoms with Gasteiger partial charge in [-0.05, 0) is 30.9 Å². The molecule has 4 heterocycles. The molecule has 2 aliphatic rings. The number of hydrogen-bond donors (Lipinski definition) is 3. The fourth-order valence-electron chi connectivity index (χ4n) is 6.16. The van der Waals surface area contributed by atoms with Crippen LogP contribution in [0.3, 0.4) is 0 Å². The maximum Gasteiger partial charge on any atom is 0.270 e. The van der Waals surface area contributed by atoms with Gasteiger partial charge in [0, 0.05) is 44.7 Å². The van der Waals surface area contributed by atoms with Gasteiger partial charge < -0.3 is 30.6 Å². The molecule has 11 nitrogen and oxygen atoms in total. The summed E-state index contributed by atoms with van der Waals surface area (Å²) in [6, 6.07) is 21.3. The lowest BCUT2D eigenvalue weighted by Crippen LogP contribution is -2.55. The van der Waals surface area contributed by atoms with Gasteiger partial charge in [0.15, 0.2) is 5.82 Å². The van der Waals surface area contributed by atoms with Crippen molar-refractivity contribution in [1.82, 2.24) is 24.8 Å². The van der Waals surface area contributed by atoms with Gasteiger partial charge in [0.2, 0.25) is 11.8 Å². The second-order valence-corrected chi connectivity index (χ2v) is 11.3. The van der Waals surface area contributed by atoms with Crippen LogP contribution in [0, 0.1) is 0 Å². The van der Waals surface area contributed by atoms with E-state index in [-0.39, 0.29) is 24.1 Å². The molecular formula is C33H37N7O4. The molecule has 2 aliphatic heterocycles. The number of amides is 3. The lowest BCUT2D eigenvalue weighted by Gasteiger charge is -2.44. The lowest BCUT2D eigenvalue weighted by atomic mass is 9.71. The number of morpholine rings is 1. The average Bonchev–Trinajstić information content (AvgIpc) is 3.52. The molecule has 0 aliphatic carbocycles. The average molecular weight is 596 g/mol. The Labute approximate surface area is 255 Å². The monoisotopic (exact) mass is 595 g/mol. The molecular weight excluding hydrogens is 558 g/mol. The van der Waals surface area contributed by atoms with Gasteiger partial charge in [0.1, 0.15) is 17.2 Å². The van der Waals surface area contributed by atoms with Crippen LogP contribution >= 0.6 is 0 Å². The van der Waals surface area contributed by atoms with Gasteiger partial charge in [-0.2, -0.15) is 0 Å². The smallest absolute Gasteiger partial charge is 0.270 e. The topological polar surface area (TPSA) is 147 Å². The van der Waals surface area contributed by atoms with E-state index in [1.807, 2.05) is 70.5 Å². The summed E-state index contributed by atoms with van der Waals surface area (Å²) in [4.78, 5) is 55.5. The maximum absolute atomic E-state index is 14.0. The van der Waals surface area contributed by atoms with Crippen LogP contribution in [0.1, 0.15) is 41.7 Å². The molecule has 11 heteroatoms. The highest BCUT2D eigenvalue weighted by atomic mass is 16.5. The van der Waals surface area contributed by atoms with E-state index in [0.29, 0.717) is 93.6 Å². The van der Waals surface area contributed by atoms with Gasteiger partial charge >= 0.3 is 0 Å². The molecule has 4 N–H and O–H groups in total. The molecule has 2 aromatic carbocycles. The number of nitrogens with one attached hydrogen (secondary N) is 2. The second kappa shape index (κ2) is 12.8. The van der Waals surface area contributed by atoms with Gasteiger partial charge in [-0.25, -0.2) is 9.97 Å². The number of carbonyl (C=O) groups is 3. The zero-order chi connectivity index (χ0) is 30.5. The van der Waals surface area contributed by atoms with Gasteiger partial charge in [0.05, 0.1) is 24.0 Å². The number of likely N-dealkylation sites (tertiary alicyclic amines) is 1. The van der Waals surface area contributed by atoms with Gasteiger partial charge in [-0.15, -0.1) is 0 Å². The van der Waals surface area contributed by atoms with Crippen LogP contribution in [-0.2, 0) is 19.7 Å². The molecule has 0 atom stereocenters. The van der Waals surface area contributed by atoms with E-state index in [2.05, 4.69) is 10.3 Å². The fourth-order valence-corrected chi connectivity index (χ4v) is 6.16. The van der Waals surface area contributed by atoms with Crippen molar-refractivity contribution in [3.05, 3.63) is 78.0 Å². The number of primary amides is 1. The summed E-state index contributed by atoms with van der Waals surface area (Å²) >= 11 is 0. The predicted molar refractivity (Wildman–Crippen MR) is 167 cm³/mol. The minimum absolute atomic E-state index is 0.112. The Kier molecular flexibility index (Phi) is 8.56. The van der Waals surface area contributed by atoms with Crippen molar-refractivity contribution in [2.75, 3.05) is 51.3 Å². The van der Waals surface area contributed by atoms with E-state index in [0.717, 1.165) is 11.1 Å². The lowest BCUT2D eigenvalue weighted by molar-refractivity contribution is -0.143. The van der Waals surface area contributed by atoms with Crippen molar-refractivity contribution < 1.29 is 19.1 Å². The van der Waals surface area contributed by atoms with E-state index in [1.54, 1.807) is 6.07 Å². The number of rotatable bonds is 9. The number of benzene rings is 2. The van der Waals surface area contributed by atoms with Crippen molar-refractivity contribution in [2.45, 2.75) is 31.1 Å². The first kappa shape index (κ1) is 29.3. The van der Waals surface area contributed by atoms with Crippen LogP contribution in [0.15, 0.2) is 66.7 Å². The number of fused-ring (bicyclic) bond motifs is 1. The Morgan fingerprint density at radius 1 is 0.909 bits per heavy atom. The van der Waals surface area contributed by atoms with Crippen LogP contribution in [0.2, 0.25) is 0 Å². The van der Waals surface area contributed by atoms with Crippen molar-refractivity contribution in [2.24, 2.45) is 5.73 Å².